The molecule has 2 atom stereocenters. The first-order valence-corrected chi connectivity index (χ1v) is 12.2. The molecule has 0 radical (unpaired) electrons. The SMILES string of the molecule is O=C(c1cn2c(n1)CCC(c1cccc(OC3COC3)n1)C2)N1CCC(C2=CCCC=C2)C1. The van der Waals surface area contributed by atoms with Crippen molar-refractivity contribution in [2.75, 3.05) is 26.3 Å². The minimum atomic E-state index is 0.0626. The van der Waals surface area contributed by atoms with Crippen LogP contribution in [0.15, 0.2) is 48.2 Å². The Hall–Kier alpha value is -2.93. The number of aromatic nitrogens is 3. The Morgan fingerprint density at radius 1 is 1.09 bits per heavy atom. The number of carbonyl (C=O) groups excluding carboxylic acids is 1. The summed E-state index contributed by atoms with van der Waals surface area (Å²) in [4.78, 5) is 24.6. The highest BCUT2D eigenvalue weighted by Crippen LogP contribution is 2.31. The normalized spacial score (nSPS) is 24.8. The molecular weight excluding hydrogens is 416 g/mol. The largest absolute Gasteiger partial charge is 0.469 e. The Labute approximate surface area is 194 Å². The first-order chi connectivity index (χ1) is 16.2. The maximum atomic E-state index is 13.2. The number of fused-ring (bicyclic) bond motifs is 1. The van der Waals surface area contributed by atoms with Gasteiger partial charge in [-0.1, -0.05) is 24.3 Å². The molecule has 2 aromatic heterocycles. The van der Waals surface area contributed by atoms with Gasteiger partial charge >= 0.3 is 0 Å². The van der Waals surface area contributed by atoms with Crippen LogP contribution in [0.25, 0.3) is 0 Å². The van der Waals surface area contributed by atoms with Crippen molar-refractivity contribution < 1.29 is 14.3 Å². The molecule has 4 aliphatic rings. The summed E-state index contributed by atoms with van der Waals surface area (Å²) < 4.78 is 13.2. The van der Waals surface area contributed by atoms with Crippen LogP contribution in [0.4, 0.5) is 0 Å². The summed E-state index contributed by atoms with van der Waals surface area (Å²) in [6.45, 7) is 3.66. The molecule has 5 heterocycles. The van der Waals surface area contributed by atoms with Gasteiger partial charge < -0.3 is 18.9 Å². The van der Waals surface area contributed by atoms with Gasteiger partial charge in [0, 0.05) is 55.8 Å². The van der Waals surface area contributed by atoms with Gasteiger partial charge in [0.15, 0.2) is 0 Å². The van der Waals surface area contributed by atoms with E-state index in [1.165, 1.54) is 5.57 Å². The number of aryl methyl sites for hydroxylation is 1. The third kappa shape index (κ3) is 4.22. The first kappa shape index (κ1) is 20.7. The predicted octanol–water partition coefficient (Wildman–Crippen LogP) is 3.52. The molecule has 0 aromatic carbocycles. The molecule has 7 heteroatoms. The van der Waals surface area contributed by atoms with Crippen LogP contribution in [-0.2, 0) is 17.7 Å². The number of allylic oxidation sites excluding steroid dienone is 3. The smallest absolute Gasteiger partial charge is 0.274 e. The summed E-state index contributed by atoms with van der Waals surface area (Å²) in [5.74, 6) is 2.48. The highest BCUT2D eigenvalue weighted by Gasteiger charge is 2.31. The van der Waals surface area contributed by atoms with Crippen LogP contribution < -0.4 is 4.74 Å². The molecule has 0 spiro atoms. The molecule has 33 heavy (non-hydrogen) atoms. The standard InChI is InChI=1S/C26H30N4O3/c31-26(29-12-11-19(13-29)18-5-2-1-3-6-18)23-15-30-14-20(9-10-24(30)27-23)22-7-4-8-25(28-22)33-21-16-32-17-21/h2,4-8,15,19-21H,1,3,9-14,16-17H2. The lowest BCUT2D eigenvalue weighted by Gasteiger charge is -2.27. The maximum absolute atomic E-state index is 13.2. The van der Waals surface area contributed by atoms with Crippen molar-refractivity contribution in [3.05, 3.63) is 65.4 Å². The fraction of sp³-hybridized carbons (Fsp3) is 0.500. The van der Waals surface area contributed by atoms with Crippen molar-refractivity contribution in [3.63, 3.8) is 0 Å². The van der Waals surface area contributed by atoms with Gasteiger partial charge in [0.05, 0.1) is 13.2 Å². The summed E-state index contributed by atoms with van der Waals surface area (Å²) in [5.41, 5.74) is 3.01. The second-order valence-corrected chi connectivity index (χ2v) is 9.53. The average molecular weight is 447 g/mol. The van der Waals surface area contributed by atoms with E-state index in [0.29, 0.717) is 30.7 Å². The van der Waals surface area contributed by atoms with Gasteiger partial charge in [-0.05, 0) is 37.3 Å². The zero-order chi connectivity index (χ0) is 22.2. The molecule has 0 N–H and O–H groups in total. The summed E-state index contributed by atoms with van der Waals surface area (Å²) in [7, 11) is 0. The second kappa shape index (κ2) is 8.78. The van der Waals surface area contributed by atoms with E-state index in [1.807, 2.05) is 23.2 Å². The minimum absolute atomic E-state index is 0.0626. The summed E-state index contributed by atoms with van der Waals surface area (Å²) in [5, 5.41) is 0. The highest BCUT2D eigenvalue weighted by molar-refractivity contribution is 5.92. The molecule has 2 aromatic rings. The third-order valence-corrected chi connectivity index (χ3v) is 7.24. The molecule has 2 unspecified atom stereocenters. The van der Waals surface area contributed by atoms with Gasteiger partial charge in [0.2, 0.25) is 5.88 Å². The van der Waals surface area contributed by atoms with Gasteiger partial charge in [-0.3, -0.25) is 4.79 Å². The van der Waals surface area contributed by atoms with Gasteiger partial charge in [0.25, 0.3) is 5.91 Å². The predicted molar refractivity (Wildman–Crippen MR) is 123 cm³/mol. The molecule has 0 saturated carbocycles. The monoisotopic (exact) mass is 446 g/mol. The Morgan fingerprint density at radius 3 is 2.85 bits per heavy atom. The van der Waals surface area contributed by atoms with E-state index in [-0.39, 0.29) is 17.9 Å². The number of nitrogens with zero attached hydrogens (tertiary/aromatic N) is 4. The van der Waals surface area contributed by atoms with Crippen LogP contribution >= 0.6 is 0 Å². The molecule has 1 amide bonds. The number of rotatable bonds is 5. The van der Waals surface area contributed by atoms with E-state index >= 15 is 0 Å². The molecule has 1 aliphatic carbocycles. The summed E-state index contributed by atoms with van der Waals surface area (Å²) in [6, 6.07) is 5.99. The van der Waals surface area contributed by atoms with E-state index in [9.17, 15) is 4.79 Å². The van der Waals surface area contributed by atoms with E-state index in [0.717, 1.165) is 63.3 Å². The van der Waals surface area contributed by atoms with Crippen LogP contribution in [0.3, 0.4) is 0 Å². The van der Waals surface area contributed by atoms with Gasteiger partial charge in [-0.15, -0.1) is 0 Å². The van der Waals surface area contributed by atoms with Crippen molar-refractivity contribution in [3.8, 4) is 5.88 Å². The first-order valence-electron chi connectivity index (χ1n) is 12.2. The molecule has 2 saturated heterocycles. The zero-order valence-corrected chi connectivity index (χ0v) is 18.9. The summed E-state index contributed by atoms with van der Waals surface area (Å²) >= 11 is 0. The average Bonchev–Trinajstić information content (AvgIpc) is 3.49. The fourth-order valence-corrected chi connectivity index (χ4v) is 5.28. The number of carbonyl (C=O) groups is 1. The molecule has 0 bridgehead atoms. The quantitative estimate of drug-likeness (QED) is 0.703. The number of pyridine rings is 1. The number of amides is 1. The minimum Gasteiger partial charge on any atom is -0.469 e. The van der Waals surface area contributed by atoms with Gasteiger partial charge in [-0.25, -0.2) is 9.97 Å². The van der Waals surface area contributed by atoms with E-state index in [4.69, 9.17) is 19.4 Å². The lowest BCUT2D eigenvalue weighted by Crippen LogP contribution is -2.38. The molecule has 6 rings (SSSR count). The summed E-state index contributed by atoms with van der Waals surface area (Å²) in [6.07, 6.45) is 14.0. The molecule has 3 aliphatic heterocycles. The Balaban J connectivity index is 1.12. The maximum Gasteiger partial charge on any atom is 0.274 e. The van der Waals surface area contributed by atoms with E-state index < -0.39 is 0 Å². The number of hydrogen-bond acceptors (Lipinski definition) is 5. The van der Waals surface area contributed by atoms with Gasteiger partial charge in [-0.2, -0.15) is 0 Å². The van der Waals surface area contributed by atoms with Crippen molar-refractivity contribution in [1.29, 1.82) is 0 Å². The Bertz CT molecular complexity index is 1100. The van der Waals surface area contributed by atoms with Crippen LogP contribution in [0, 0.1) is 5.92 Å². The molecule has 172 valence electrons. The number of hydrogen-bond donors (Lipinski definition) is 0. The zero-order valence-electron chi connectivity index (χ0n) is 18.9. The van der Waals surface area contributed by atoms with Crippen molar-refractivity contribution >= 4 is 5.91 Å². The fourth-order valence-electron chi connectivity index (χ4n) is 5.28. The molecule has 7 nitrogen and oxygen atoms in total. The molecular formula is C26H30N4O3. The van der Waals surface area contributed by atoms with Crippen molar-refractivity contribution in [2.45, 2.75) is 50.7 Å². The van der Waals surface area contributed by atoms with Gasteiger partial charge in [0.1, 0.15) is 17.6 Å². The van der Waals surface area contributed by atoms with Crippen LogP contribution in [-0.4, -0.2) is 57.7 Å². The lowest BCUT2D eigenvalue weighted by molar-refractivity contribution is -0.0814. The van der Waals surface area contributed by atoms with Crippen molar-refractivity contribution in [2.24, 2.45) is 5.92 Å². The van der Waals surface area contributed by atoms with Crippen molar-refractivity contribution in [1.82, 2.24) is 19.4 Å². The van der Waals surface area contributed by atoms with E-state index in [2.05, 4.69) is 28.9 Å². The number of imidazole rings is 1. The molecule has 2 fully saturated rings. The van der Waals surface area contributed by atoms with E-state index in [1.54, 1.807) is 0 Å². The lowest BCUT2D eigenvalue weighted by atomic mass is 9.93. The second-order valence-electron chi connectivity index (χ2n) is 9.53. The topological polar surface area (TPSA) is 69.5 Å². The number of ether oxygens (including phenoxy) is 2. The van der Waals surface area contributed by atoms with Crippen LogP contribution in [0.5, 0.6) is 5.88 Å². The highest BCUT2D eigenvalue weighted by atomic mass is 16.6. The van der Waals surface area contributed by atoms with Crippen LogP contribution in [0.2, 0.25) is 0 Å². The Kier molecular flexibility index (Phi) is 5.50. The number of likely N-dealkylation sites (tertiary alicyclic amines) is 1. The van der Waals surface area contributed by atoms with Crippen LogP contribution in [0.1, 0.15) is 53.6 Å². The Morgan fingerprint density at radius 2 is 2.03 bits per heavy atom. The third-order valence-electron chi connectivity index (χ3n) is 7.24.